The lowest BCUT2D eigenvalue weighted by molar-refractivity contribution is -0.139. The SMILES string of the molecule is Cc1ccccc1COc1ccc(C(O)=C2C(=O)C(=O)N(CCCn3ccnc3)C2c2cccs2)cc1. The summed E-state index contributed by atoms with van der Waals surface area (Å²) in [7, 11) is 0. The first-order chi connectivity index (χ1) is 18.0. The van der Waals surface area contributed by atoms with E-state index in [0.29, 0.717) is 37.4 Å². The fourth-order valence-electron chi connectivity index (χ4n) is 4.49. The topological polar surface area (TPSA) is 84.7 Å². The van der Waals surface area contributed by atoms with Gasteiger partial charge < -0.3 is 19.3 Å². The summed E-state index contributed by atoms with van der Waals surface area (Å²) in [5.41, 5.74) is 2.82. The molecule has 0 spiro atoms. The van der Waals surface area contributed by atoms with Gasteiger partial charge in [0.05, 0.1) is 17.9 Å². The molecule has 5 rings (SSSR count). The first-order valence-electron chi connectivity index (χ1n) is 12.1. The number of thiophene rings is 1. The lowest BCUT2D eigenvalue weighted by atomic mass is 10.00. The Morgan fingerprint density at radius 3 is 2.57 bits per heavy atom. The number of aliphatic hydroxyl groups is 1. The van der Waals surface area contributed by atoms with Gasteiger partial charge in [-0.05, 0) is 60.2 Å². The van der Waals surface area contributed by atoms with Crippen molar-refractivity contribution in [3.8, 4) is 5.75 Å². The maximum atomic E-state index is 13.1. The molecule has 2 aromatic heterocycles. The second kappa shape index (κ2) is 10.8. The van der Waals surface area contributed by atoms with Crippen LogP contribution in [-0.2, 0) is 22.7 Å². The van der Waals surface area contributed by atoms with Gasteiger partial charge in [0, 0.05) is 35.9 Å². The van der Waals surface area contributed by atoms with E-state index in [-0.39, 0.29) is 11.3 Å². The monoisotopic (exact) mass is 513 g/mol. The van der Waals surface area contributed by atoms with Crippen molar-refractivity contribution >= 4 is 28.8 Å². The van der Waals surface area contributed by atoms with E-state index < -0.39 is 17.7 Å². The standard InChI is InChI=1S/C29H27N3O4S/c1-20-6-2-3-7-22(20)18-36-23-11-9-21(10-12-23)27(33)25-26(24-8-4-17-37-24)32(29(35)28(25)34)15-5-14-31-16-13-30-19-31/h2-4,6-13,16-17,19,26,33H,5,14-15,18H2,1H3. The zero-order valence-electron chi connectivity index (χ0n) is 20.4. The third kappa shape index (κ3) is 5.20. The maximum absolute atomic E-state index is 13.1. The number of aliphatic hydroxyl groups excluding tert-OH is 1. The molecule has 1 fully saturated rings. The Morgan fingerprint density at radius 1 is 1.05 bits per heavy atom. The molecule has 1 aliphatic heterocycles. The number of ketones is 1. The number of benzene rings is 2. The molecular weight excluding hydrogens is 486 g/mol. The number of nitrogens with zero attached hydrogens (tertiary/aromatic N) is 3. The molecule has 1 N–H and O–H groups in total. The molecule has 1 saturated heterocycles. The maximum Gasteiger partial charge on any atom is 0.295 e. The highest BCUT2D eigenvalue weighted by Crippen LogP contribution is 2.41. The molecule has 4 aromatic rings. The van der Waals surface area contributed by atoms with Gasteiger partial charge in [-0.25, -0.2) is 4.98 Å². The minimum atomic E-state index is -0.668. The molecule has 8 heteroatoms. The van der Waals surface area contributed by atoms with E-state index in [9.17, 15) is 14.7 Å². The summed E-state index contributed by atoms with van der Waals surface area (Å²) in [6.45, 7) is 3.52. The first kappa shape index (κ1) is 24.5. The van der Waals surface area contributed by atoms with Gasteiger partial charge in [-0.3, -0.25) is 9.59 Å². The van der Waals surface area contributed by atoms with Gasteiger partial charge in [0.1, 0.15) is 18.1 Å². The lowest BCUT2D eigenvalue weighted by Crippen LogP contribution is -2.31. The Balaban J connectivity index is 1.37. The molecule has 188 valence electrons. The van der Waals surface area contributed by atoms with Crippen molar-refractivity contribution in [2.24, 2.45) is 0 Å². The highest BCUT2D eigenvalue weighted by Gasteiger charge is 2.46. The van der Waals surface area contributed by atoms with Crippen molar-refractivity contribution in [2.45, 2.75) is 32.5 Å². The molecule has 3 heterocycles. The molecule has 0 saturated carbocycles. The number of carbonyl (C=O) groups is 2. The predicted molar refractivity (Wildman–Crippen MR) is 142 cm³/mol. The number of hydrogen-bond donors (Lipinski definition) is 1. The van der Waals surface area contributed by atoms with E-state index in [1.807, 2.05) is 59.5 Å². The van der Waals surface area contributed by atoms with Crippen molar-refractivity contribution in [3.63, 3.8) is 0 Å². The van der Waals surface area contributed by atoms with E-state index in [1.165, 1.54) is 11.3 Å². The van der Waals surface area contributed by atoms with Gasteiger partial charge in [-0.15, -0.1) is 11.3 Å². The molecule has 37 heavy (non-hydrogen) atoms. The molecule has 0 bridgehead atoms. The lowest BCUT2D eigenvalue weighted by Gasteiger charge is -2.24. The summed E-state index contributed by atoms with van der Waals surface area (Å²) in [5.74, 6) is -0.795. The number of aromatic nitrogens is 2. The minimum Gasteiger partial charge on any atom is -0.507 e. The number of rotatable bonds is 9. The van der Waals surface area contributed by atoms with E-state index in [2.05, 4.69) is 4.98 Å². The van der Waals surface area contributed by atoms with Crippen LogP contribution in [0.15, 0.2) is 90.3 Å². The molecule has 1 unspecified atom stereocenters. The number of hydrogen-bond acceptors (Lipinski definition) is 6. The molecule has 0 radical (unpaired) electrons. The molecule has 1 amide bonds. The van der Waals surface area contributed by atoms with Crippen molar-refractivity contribution in [1.82, 2.24) is 14.5 Å². The zero-order chi connectivity index (χ0) is 25.8. The molecule has 7 nitrogen and oxygen atoms in total. The Kier molecular flexibility index (Phi) is 7.18. The van der Waals surface area contributed by atoms with Gasteiger partial charge in [0.25, 0.3) is 11.7 Å². The summed E-state index contributed by atoms with van der Waals surface area (Å²) in [6, 6.07) is 18.1. The van der Waals surface area contributed by atoms with Gasteiger partial charge in [0.15, 0.2) is 0 Å². The van der Waals surface area contributed by atoms with Crippen LogP contribution in [0.25, 0.3) is 5.76 Å². The number of imidazole rings is 1. The first-order valence-corrected chi connectivity index (χ1v) is 13.0. The molecule has 2 aromatic carbocycles. The summed E-state index contributed by atoms with van der Waals surface area (Å²) in [4.78, 5) is 32.6. The fraction of sp³-hybridized carbons (Fsp3) is 0.207. The summed E-state index contributed by atoms with van der Waals surface area (Å²) in [6.07, 6.45) is 5.94. The molecular formula is C29H27N3O4S. The van der Waals surface area contributed by atoms with Crippen molar-refractivity contribution in [3.05, 3.63) is 112 Å². The van der Waals surface area contributed by atoms with Crippen LogP contribution in [0.1, 0.15) is 34.0 Å². The Hall–Kier alpha value is -4.17. The van der Waals surface area contributed by atoms with E-state index in [4.69, 9.17) is 4.74 Å². The number of ether oxygens (including phenoxy) is 1. The second-order valence-corrected chi connectivity index (χ2v) is 9.88. The van der Waals surface area contributed by atoms with E-state index >= 15 is 0 Å². The normalized spacial score (nSPS) is 16.9. The Labute approximate surface area is 219 Å². The quantitative estimate of drug-likeness (QED) is 0.185. The smallest absolute Gasteiger partial charge is 0.295 e. The van der Waals surface area contributed by atoms with Crippen LogP contribution < -0.4 is 4.74 Å². The number of likely N-dealkylation sites (tertiary alicyclic amines) is 1. The van der Waals surface area contributed by atoms with Crippen LogP contribution in [-0.4, -0.2) is 37.8 Å². The number of aryl methyl sites for hydroxylation is 2. The zero-order valence-corrected chi connectivity index (χ0v) is 21.2. The van der Waals surface area contributed by atoms with Crippen LogP contribution >= 0.6 is 11.3 Å². The summed E-state index contributed by atoms with van der Waals surface area (Å²) < 4.78 is 7.84. The van der Waals surface area contributed by atoms with Gasteiger partial charge in [-0.1, -0.05) is 30.3 Å². The molecule has 1 atom stereocenters. The average Bonchev–Trinajstić information content (AvgIpc) is 3.67. The number of carbonyl (C=O) groups excluding carboxylic acids is 2. The molecule has 0 aliphatic carbocycles. The van der Waals surface area contributed by atoms with Crippen LogP contribution in [0.4, 0.5) is 0 Å². The van der Waals surface area contributed by atoms with E-state index in [0.717, 1.165) is 16.0 Å². The fourth-order valence-corrected chi connectivity index (χ4v) is 5.34. The van der Waals surface area contributed by atoms with Gasteiger partial charge in [-0.2, -0.15) is 0 Å². The average molecular weight is 514 g/mol. The van der Waals surface area contributed by atoms with Crippen LogP contribution in [0.2, 0.25) is 0 Å². The van der Waals surface area contributed by atoms with Crippen molar-refractivity contribution in [1.29, 1.82) is 0 Å². The second-order valence-electron chi connectivity index (χ2n) is 8.90. The minimum absolute atomic E-state index is 0.114. The van der Waals surface area contributed by atoms with Gasteiger partial charge >= 0.3 is 0 Å². The third-order valence-corrected chi connectivity index (χ3v) is 7.44. The highest BCUT2D eigenvalue weighted by molar-refractivity contribution is 7.10. The van der Waals surface area contributed by atoms with Gasteiger partial charge in [0.2, 0.25) is 0 Å². The predicted octanol–water partition coefficient (Wildman–Crippen LogP) is 5.34. The summed E-state index contributed by atoms with van der Waals surface area (Å²) >= 11 is 1.46. The van der Waals surface area contributed by atoms with Crippen LogP contribution in [0.5, 0.6) is 5.75 Å². The van der Waals surface area contributed by atoms with E-state index in [1.54, 1.807) is 41.7 Å². The number of Topliss-reactive ketones (excluding diaryl/α,β-unsaturated/α-hetero) is 1. The highest BCUT2D eigenvalue weighted by atomic mass is 32.1. The summed E-state index contributed by atoms with van der Waals surface area (Å²) in [5, 5.41) is 13.1. The van der Waals surface area contributed by atoms with Crippen LogP contribution in [0, 0.1) is 6.92 Å². The van der Waals surface area contributed by atoms with Crippen LogP contribution in [0.3, 0.4) is 0 Å². The molecule has 1 aliphatic rings. The largest absolute Gasteiger partial charge is 0.507 e. The number of amides is 1. The Bertz CT molecular complexity index is 1410. The van der Waals surface area contributed by atoms with Crippen molar-refractivity contribution < 1.29 is 19.4 Å². The van der Waals surface area contributed by atoms with Crippen molar-refractivity contribution in [2.75, 3.05) is 6.54 Å². The Morgan fingerprint density at radius 2 is 1.86 bits per heavy atom. The third-order valence-electron chi connectivity index (χ3n) is 6.51.